The van der Waals surface area contributed by atoms with Gasteiger partial charge in [-0.3, -0.25) is 0 Å². The van der Waals surface area contributed by atoms with Crippen LogP contribution in [0.4, 0.5) is 4.79 Å². The Balaban J connectivity index is 1.77. The number of carbonyl (C=O) groups is 1. The van der Waals surface area contributed by atoms with Gasteiger partial charge in [-0.25, -0.2) is 4.79 Å². The van der Waals surface area contributed by atoms with E-state index in [1.165, 1.54) is 0 Å². The van der Waals surface area contributed by atoms with Gasteiger partial charge in [0, 0.05) is 6.42 Å². The summed E-state index contributed by atoms with van der Waals surface area (Å²) in [6.07, 6.45) is 0.399. The molecular formula is C16H15NO3. The number of nitrogens with one attached hydrogen (secondary N) is 1. The van der Waals surface area contributed by atoms with E-state index in [2.05, 4.69) is 5.32 Å². The van der Waals surface area contributed by atoms with Gasteiger partial charge in [0.2, 0.25) is 0 Å². The topological polar surface area (TPSA) is 47.6 Å². The van der Waals surface area contributed by atoms with Gasteiger partial charge in [0.1, 0.15) is 11.5 Å². The molecule has 1 fully saturated rings. The van der Waals surface area contributed by atoms with Gasteiger partial charge in [-0.15, -0.1) is 0 Å². The second-order valence-electron chi connectivity index (χ2n) is 4.61. The first-order chi connectivity index (χ1) is 9.81. The largest absolute Gasteiger partial charge is 0.457 e. The molecule has 4 heteroatoms. The minimum atomic E-state index is -0.365. The van der Waals surface area contributed by atoms with Gasteiger partial charge in [0.15, 0.2) is 0 Å². The zero-order chi connectivity index (χ0) is 13.8. The van der Waals surface area contributed by atoms with Crippen LogP contribution in [0.15, 0.2) is 54.6 Å². The minimum absolute atomic E-state index is 0.0180. The maximum Gasteiger partial charge on any atom is 0.407 e. The number of amides is 1. The molecule has 0 aliphatic carbocycles. The van der Waals surface area contributed by atoms with Crippen LogP contribution in [-0.2, 0) is 4.74 Å². The fourth-order valence-electron chi connectivity index (χ4n) is 2.19. The van der Waals surface area contributed by atoms with E-state index in [1.807, 2.05) is 54.6 Å². The predicted octanol–water partition coefficient (Wildman–Crippen LogP) is 3.65. The van der Waals surface area contributed by atoms with Crippen molar-refractivity contribution in [2.45, 2.75) is 12.5 Å². The van der Waals surface area contributed by atoms with Crippen molar-refractivity contribution in [2.24, 2.45) is 0 Å². The first-order valence-corrected chi connectivity index (χ1v) is 6.57. The standard InChI is InChI=1S/C16H15NO3/c18-16-17-15(9-10-19-16)12-5-4-8-14(11-12)20-13-6-2-1-3-7-13/h1-8,11,15H,9-10H2,(H,17,18)/t15-/m0/s1. The zero-order valence-electron chi connectivity index (χ0n) is 10.9. The number of benzene rings is 2. The highest BCUT2D eigenvalue weighted by atomic mass is 16.5. The third-order valence-electron chi connectivity index (χ3n) is 3.17. The molecule has 1 atom stereocenters. The summed E-state index contributed by atoms with van der Waals surface area (Å²) < 4.78 is 10.7. The molecule has 102 valence electrons. The molecule has 1 amide bonds. The summed E-state index contributed by atoms with van der Waals surface area (Å²) in [5.41, 5.74) is 1.02. The average molecular weight is 269 g/mol. The van der Waals surface area contributed by atoms with E-state index in [0.717, 1.165) is 23.5 Å². The molecule has 1 aliphatic rings. The highest BCUT2D eigenvalue weighted by Gasteiger charge is 2.20. The highest BCUT2D eigenvalue weighted by Crippen LogP contribution is 2.26. The molecule has 1 aliphatic heterocycles. The second-order valence-corrected chi connectivity index (χ2v) is 4.61. The molecule has 0 unspecified atom stereocenters. The number of carbonyl (C=O) groups excluding carboxylic acids is 1. The number of rotatable bonds is 3. The molecule has 0 spiro atoms. The lowest BCUT2D eigenvalue weighted by molar-refractivity contribution is 0.115. The van der Waals surface area contributed by atoms with Crippen LogP contribution >= 0.6 is 0 Å². The third kappa shape index (κ3) is 2.91. The summed E-state index contributed by atoms with van der Waals surface area (Å²) in [7, 11) is 0. The number of hydrogen-bond donors (Lipinski definition) is 1. The van der Waals surface area contributed by atoms with Crippen molar-refractivity contribution in [1.82, 2.24) is 5.32 Å². The van der Waals surface area contributed by atoms with Crippen LogP contribution in [0, 0.1) is 0 Å². The fourth-order valence-corrected chi connectivity index (χ4v) is 2.19. The summed E-state index contributed by atoms with van der Waals surface area (Å²) in [6, 6.07) is 17.3. The molecule has 4 nitrogen and oxygen atoms in total. The Bertz CT molecular complexity index is 598. The van der Waals surface area contributed by atoms with Gasteiger partial charge in [-0.1, -0.05) is 30.3 Å². The molecule has 3 rings (SSSR count). The Morgan fingerprint density at radius 2 is 1.85 bits per heavy atom. The van der Waals surface area contributed by atoms with Gasteiger partial charge < -0.3 is 14.8 Å². The number of hydrogen-bond acceptors (Lipinski definition) is 3. The van der Waals surface area contributed by atoms with Gasteiger partial charge in [0.25, 0.3) is 0 Å². The van der Waals surface area contributed by atoms with Crippen molar-refractivity contribution in [2.75, 3.05) is 6.61 Å². The monoisotopic (exact) mass is 269 g/mol. The zero-order valence-corrected chi connectivity index (χ0v) is 10.9. The van der Waals surface area contributed by atoms with Crippen LogP contribution in [0.2, 0.25) is 0 Å². The molecule has 1 N–H and O–H groups in total. The molecule has 0 bridgehead atoms. The molecule has 2 aromatic rings. The Labute approximate surface area is 117 Å². The van der Waals surface area contributed by atoms with E-state index in [-0.39, 0.29) is 12.1 Å². The molecule has 2 aromatic carbocycles. The summed E-state index contributed by atoms with van der Waals surface area (Å²) in [5, 5.41) is 2.81. The van der Waals surface area contributed by atoms with Crippen LogP contribution in [0.3, 0.4) is 0 Å². The van der Waals surface area contributed by atoms with Gasteiger partial charge in [0.05, 0.1) is 12.6 Å². The van der Waals surface area contributed by atoms with Crippen molar-refractivity contribution < 1.29 is 14.3 Å². The maximum atomic E-state index is 11.3. The van der Waals surface area contributed by atoms with Crippen molar-refractivity contribution in [3.8, 4) is 11.5 Å². The molecule has 0 saturated carbocycles. The van der Waals surface area contributed by atoms with Crippen LogP contribution in [0.5, 0.6) is 11.5 Å². The van der Waals surface area contributed by atoms with E-state index >= 15 is 0 Å². The Morgan fingerprint density at radius 1 is 1.05 bits per heavy atom. The first kappa shape index (κ1) is 12.5. The average Bonchev–Trinajstić information content (AvgIpc) is 2.49. The Morgan fingerprint density at radius 3 is 2.65 bits per heavy atom. The maximum absolute atomic E-state index is 11.3. The lowest BCUT2D eigenvalue weighted by Crippen LogP contribution is -2.35. The molecule has 20 heavy (non-hydrogen) atoms. The summed E-state index contributed by atoms with van der Waals surface area (Å²) in [6.45, 7) is 0.445. The van der Waals surface area contributed by atoms with E-state index in [0.29, 0.717) is 6.61 Å². The SMILES string of the molecule is O=C1N[C@H](c2cccc(Oc3ccccc3)c2)CCO1. The van der Waals surface area contributed by atoms with Gasteiger partial charge in [-0.05, 0) is 29.8 Å². The lowest BCUT2D eigenvalue weighted by Gasteiger charge is -2.24. The number of ether oxygens (including phenoxy) is 2. The normalized spacial score (nSPS) is 18.0. The van der Waals surface area contributed by atoms with Crippen molar-refractivity contribution in [3.63, 3.8) is 0 Å². The minimum Gasteiger partial charge on any atom is -0.457 e. The van der Waals surface area contributed by atoms with Crippen molar-refractivity contribution in [1.29, 1.82) is 0 Å². The van der Waals surface area contributed by atoms with Gasteiger partial charge in [-0.2, -0.15) is 0 Å². The van der Waals surface area contributed by atoms with E-state index in [9.17, 15) is 4.79 Å². The third-order valence-corrected chi connectivity index (χ3v) is 3.17. The smallest absolute Gasteiger partial charge is 0.407 e. The van der Waals surface area contributed by atoms with Crippen molar-refractivity contribution >= 4 is 6.09 Å². The predicted molar refractivity (Wildman–Crippen MR) is 74.8 cm³/mol. The second kappa shape index (κ2) is 5.65. The van der Waals surface area contributed by atoms with E-state index in [1.54, 1.807) is 0 Å². The molecular weight excluding hydrogens is 254 g/mol. The van der Waals surface area contributed by atoms with Crippen LogP contribution in [0.1, 0.15) is 18.0 Å². The Hall–Kier alpha value is -2.49. The molecule has 1 heterocycles. The van der Waals surface area contributed by atoms with Crippen LogP contribution < -0.4 is 10.1 Å². The lowest BCUT2D eigenvalue weighted by atomic mass is 10.0. The van der Waals surface area contributed by atoms with Crippen LogP contribution in [0.25, 0.3) is 0 Å². The molecule has 0 radical (unpaired) electrons. The number of cyclic esters (lactones) is 1. The number of para-hydroxylation sites is 1. The van der Waals surface area contributed by atoms with Crippen molar-refractivity contribution in [3.05, 3.63) is 60.2 Å². The van der Waals surface area contributed by atoms with E-state index in [4.69, 9.17) is 9.47 Å². The highest BCUT2D eigenvalue weighted by molar-refractivity contribution is 5.68. The summed E-state index contributed by atoms with van der Waals surface area (Å²) in [5.74, 6) is 1.55. The summed E-state index contributed by atoms with van der Waals surface area (Å²) in [4.78, 5) is 11.3. The summed E-state index contributed by atoms with van der Waals surface area (Å²) >= 11 is 0. The van der Waals surface area contributed by atoms with Crippen LogP contribution in [-0.4, -0.2) is 12.7 Å². The molecule has 1 saturated heterocycles. The fraction of sp³-hybridized carbons (Fsp3) is 0.188. The van der Waals surface area contributed by atoms with Gasteiger partial charge >= 0.3 is 6.09 Å². The quantitative estimate of drug-likeness (QED) is 0.925. The number of alkyl carbamates (subject to hydrolysis) is 1. The first-order valence-electron chi connectivity index (χ1n) is 6.57. The molecule has 0 aromatic heterocycles. The Kier molecular flexibility index (Phi) is 3.54. The van der Waals surface area contributed by atoms with E-state index < -0.39 is 0 Å².